The van der Waals surface area contributed by atoms with E-state index in [1.807, 2.05) is 71.6 Å². The van der Waals surface area contributed by atoms with Crippen molar-refractivity contribution in [2.75, 3.05) is 17.3 Å². The molecule has 1 saturated heterocycles. The Labute approximate surface area is 182 Å². The lowest BCUT2D eigenvalue weighted by Gasteiger charge is -2.24. The van der Waals surface area contributed by atoms with Gasteiger partial charge in [0, 0.05) is 15.7 Å². The Morgan fingerprint density at radius 3 is 2.38 bits per heavy atom. The summed E-state index contributed by atoms with van der Waals surface area (Å²) in [5, 5.41) is -0.0799. The molecule has 1 heterocycles. The first-order valence-electron chi connectivity index (χ1n) is 9.12. The monoisotopic (exact) mass is 467 g/mol. The number of nitrogens with zero attached hydrogens (tertiary/aromatic N) is 1. The number of benzene rings is 3. The van der Waals surface area contributed by atoms with Gasteiger partial charge in [0.05, 0.1) is 5.75 Å². The first-order valence-corrected chi connectivity index (χ1v) is 11.0. The zero-order valence-electron chi connectivity index (χ0n) is 15.5. The number of carbonyl (C=O) groups is 2. The average Bonchev–Trinajstić information content (AvgIpc) is 3.15. The highest BCUT2D eigenvalue weighted by Crippen LogP contribution is 2.42. The molecule has 1 unspecified atom stereocenters. The van der Waals surface area contributed by atoms with E-state index in [4.69, 9.17) is 4.74 Å². The average molecular weight is 468 g/mol. The van der Waals surface area contributed by atoms with E-state index in [1.54, 1.807) is 23.9 Å². The molecule has 1 amide bonds. The maximum atomic E-state index is 12.5. The summed E-state index contributed by atoms with van der Waals surface area (Å²) in [6.45, 7) is -0.00889. The number of rotatable bonds is 6. The number of Topliss-reactive ketones (excluding diaryl/α,β-unsaturated/α-hetero) is 1. The molecule has 0 spiro atoms. The van der Waals surface area contributed by atoms with Gasteiger partial charge in [0.1, 0.15) is 11.1 Å². The number of hydrogen-bond donors (Lipinski definition) is 0. The first kappa shape index (κ1) is 19.7. The molecule has 6 heteroatoms. The fourth-order valence-electron chi connectivity index (χ4n) is 3.14. The first-order chi connectivity index (χ1) is 14.1. The van der Waals surface area contributed by atoms with Crippen LogP contribution < -0.4 is 9.64 Å². The summed E-state index contributed by atoms with van der Waals surface area (Å²) in [4.78, 5) is 26.5. The summed E-state index contributed by atoms with van der Waals surface area (Å²) < 4.78 is 6.62. The Morgan fingerprint density at radius 2 is 1.69 bits per heavy atom. The fourth-order valence-corrected chi connectivity index (χ4v) is 4.58. The molecule has 0 bridgehead atoms. The summed E-state index contributed by atoms with van der Waals surface area (Å²) in [5.74, 6) is 1.11. The number of hydrogen-bond acceptors (Lipinski definition) is 4. The molecule has 1 aliphatic rings. The SMILES string of the molecule is O=C(COc1ccc(C2SCC(=O)N2c2ccc(Br)cc2)cc1)c1ccccc1. The van der Waals surface area contributed by atoms with Crippen molar-refractivity contribution in [1.29, 1.82) is 0 Å². The Kier molecular flexibility index (Phi) is 6.02. The zero-order valence-corrected chi connectivity index (χ0v) is 17.9. The largest absolute Gasteiger partial charge is 0.485 e. The molecule has 0 N–H and O–H groups in total. The lowest BCUT2D eigenvalue weighted by molar-refractivity contribution is -0.115. The molecule has 4 rings (SSSR count). The van der Waals surface area contributed by atoms with Gasteiger partial charge in [-0.05, 0) is 42.0 Å². The van der Waals surface area contributed by atoms with Crippen LogP contribution in [0.25, 0.3) is 0 Å². The fraction of sp³-hybridized carbons (Fsp3) is 0.130. The molecular weight excluding hydrogens is 450 g/mol. The normalized spacial score (nSPS) is 16.1. The minimum atomic E-state index is -0.0799. The zero-order chi connectivity index (χ0) is 20.2. The van der Waals surface area contributed by atoms with Gasteiger partial charge in [0.25, 0.3) is 0 Å². The second-order valence-corrected chi connectivity index (χ2v) is 8.53. The van der Waals surface area contributed by atoms with E-state index in [-0.39, 0.29) is 23.7 Å². The van der Waals surface area contributed by atoms with E-state index >= 15 is 0 Å². The summed E-state index contributed by atoms with van der Waals surface area (Å²) >= 11 is 5.03. The van der Waals surface area contributed by atoms with Gasteiger partial charge in [-0.1, -0.05) is 58.4 Å². The van der Waals surface area contributed by atoms with Crippen LogP contribution in [0.15, 0.2) is 83.3 Å². The predicted octanol–water partition coefficient (Wildman–Crippen LogP) is 5.49. The molecule has 0 saturated carbocycles. The van der Waals surface area contributed by atoms with Gasteiger partial charge in [-0.2, -0.15) is 0 Å². The van der Waals surface area contributed by atoms with Crippen LogP contribution in [0.2, 0.25) is 0 Å². The molecule has 3 aromatic carbocycles. The van der Waals surface area contributed by atoms with E-state index in [0.717, 1.165) is 15.7 Å². The number of ketones is 1. The molecule has 0 radical (unpaired) electrons. The van der Waals surface area contributed by atoms with Crippen molar-refractivity contribution in [3.8, 4) is 5.75 Å². The second kappa shape index (κ2) is 8.84. The van der Waals surface area contributed by atoms with Gasteiger partial charge in [-0.15, -0.1) is 11.8 Å². The third-order valence-corrected chi connectivity index (χ3v) is 6.34. The third-order valence-electron chi connectivity index (χ3n) is 4.60. The minimum absolute atomic E-state index is 0.00889. The molecule has 1 fully saturated rings. The van der Waals surface area contributed by atoms with Crippen molar-refractivity contribution in [2.24, 2.45) is 0 Å². The number of halogens is 1. The van der Waals surface area contributed by atoms with E-state index in [0.29, 0.717) is 17.1 Å². The number of thioether (sulfide) groups is 1. The van der Waals surface area contributed by atoms with Crippen molar-refractivity contribution in [2.45, 2.75) is 5.37 Å². The molecule has 146 valence electrons. The number of carbonyl (C=O) groups excluding carboxylic acids is 2. The lowest BCUT2D eigenvalue weighted by Crippen LogP contribution is -2.27. The van der Waals surface area contributed by atoms with Gasteiger partial charge in [0.15, 0.2) is 12.4 Å². The van der Waals surface area contributed by atoms with Gasteiger partial charge in [-0.25, -0.2) is 0 Å². The Bertz CT molecular complexity index is 1010. The highest BCUT2D eigenvalue weighted by Gasteiger charge is 2.33. The highest BCUT2D eigenvalue weighted by atomic mass is 79.9. The van der Waals surface area contributed by atoms with Crippen LogP contribution in [-0.2, 0) is 4.79 Å². The molecule has 29 heavy (non-hydrogen) atoms. The lowest BCUT2D eigenvalue weighted by atomic mass is 10.1. The van der Waals surface area contributed by atoms with Crippen molar-refractivity contribution < 1.29 is 14.3 Å². The van der Waals surface area contributed by atoms with Gasteiger partial charge < -0.3 is 4.74 Å². The predicted molar refractivity (Wildman–Crippen MR) is 120 cm³/mol. The van der Waals surface area contributed by atoms with Crippen LogP contribution in [0.4, 0.5) is 5.69 Å². The van der Waals surface area contributed by atoms with Gasteiger partial charge in [0.2, 0.25) is 5.91 Å². The summed E-state index contributed by atoms with van der Waals surface area (Å²) in [6, 6.07) is 24.4. The van der Waals surface area contributed by atoms with Crippen LogP contribution in [0.5, 0.6) is 5.75 Å². The molecule has 0 aromatic heterocycles. The Hall–Kier alpha value is -2.57. The summed E-state index contributed by atoms with van der Waals surface area (Å²) in [7, 11) is 0. The standard InChI is InChI=1S/C23H18BrNO3S/c24-18-8-10-19(11-9-18)25-22(27)15-29-23(25)17-6-12-20(13-7-17)28-14-21(26)16-4-2-1-3-5-16/h1-13,23H,14-15H2. The molecule has 0 aliphatic carbocycles. The van der Waals surface area contributed by atoms with Crippen LogP contribution in [-0.4, -0.2) is 24.1 Å². The second-order valence-electron chi connectivity index (χ2n) is 6.55. The van der Waals surface area contributed by atoms with Crippen LogP contribution >= 0.6 is 27.7 Å². The minimum Gasteiger partial charge on any atom is -0.485 e. The smallest absolute Gasteiger partial charge is 0.238 e. The highest BCUT2D eigenvalue weighted by molar-refractivity contribution is 9.10. The van der Waals surface area contributed by atoms with Crippen molar-refractivity contribution in [3.63, 3.8) is 0 Å². The topological polar surface area (TPSA) is 46.6 Å². The van der Waals surface area contributed by atoms with E-state index in [9.17, 15) is 9.59 Å². The number of ether oxygens (including phenoxy) is 1. The maximum Gasteiger partial charge on any atom is 0.238 e. The molecular formula is C23H18BrNO3S. The maximum absolute atomic E-state index is 12.5. The molecule has 1 aliphatic heterocycles. The van der Waals surface area contributed by atoms with Crippen molar-refractivity contribution >= 4 is 45.1 Å². The number of amides is 1. The van der Waals surface area contributed by atoms with Crippen LogP contribution in [0, 0.1) is 0 Å². The Balaban J connectivity index is 1.45. The van der Waals surface area contributed by atoms with E-state index in [1.165, 1.54) is 0 Å². The van der Waals surface area contributed by atoms with Crippen molar-refractivity contribution in [1.82, 2.24) is 0 Å². The van der Waals surface area contributed by atoms with Crippen LogP contribution in [0.3, 0.4) is 0 Å². The quantitative estimate of drug-likeness (QED) is 0.449. The van der Waals surface area contributed by atoms with E-state index < -0.39 is 0 Å². The van der Waals surface area contributed by atoms with Gasteiger partial charge in [-0.3, -0.25) is 14.5 Å². The van der Waals surface area contributed by atoms with E-state index in [2.05, 4.69) is 15.9 Å². The summed E-state index contributed by atoms with van der Waals surface area (Å²) in [5.41, 5.74) is 2.53. The summed E-state index contributed by atoms with van der Waals surface area (Å²) in [6.07, 6.45) is 0. The van der Waals surface area contributed by atoms with Crippen LogP contribution in [0.1, 0.15) is 21.3 Å². The molecule has 1 atom stereocenters. The van der Waals surface area contributed by atoms with Crippen molar-refractivity contribution in [3.05, 3.63) is 94.5 Å². The molecule has 4 nitrogen and oxygen atoms in total. The number of anilines is 1. The van der Waals surface area contributed by atoms with Gasteiger partial charge >= 0.3 is 0 Å². The third kappa shape index (κ3) is 4.54. The molecule has 3 aromatic rings. The Morgan fingerprint density at radius 1 is 1.00 bits per heavy atom.